The summed E-state index contributed by atoms with van der Waals surface area (Å²) in [6.07, 6.45) is 0. The molecule has 0 saturated heterocycles. The SMILES string of the molecule is CC(N)c1cc(C(C)(C)C)cbc1O. The summed E-state index contributed by atoms with van der Waals surface area (Å²) in [5.41, 5.74) is 8.16. The molecule has 0 radical (unpaired) electrons. The van der Waals surface area contributed by atoms with Crippen LogP contribution in [-0.4, -0.2) is 12.0 Å². The molecule has 0 aromatic carbocycles. The van der Waals surface area contributed by atoms with Crippen molar-refractivity contribution in [2.45, 2.75) is 39.2 Å². The summed E-state index contributed by atoms with van der Waals surface area (Å²) in [5.74, 6) is 1.95. The van der Waals surface area contributed by atoms with Gasteiger partial charge in [0.2, 0.25) is 0 Å². The molecule has 0 aliphatic heterocycles. The molecule has 14 heavy (non-hydrogen) atoms. The van der Waals surface area contributed by atoms with Gasteiger partial charge in [-0.3, -0.25) is 0 Å². The monoisotopic (exact) mass is 191 g/mol. The molecule has 0 aliphatic rings. The molecule has 0 saturated carbocycles. The van der Waals surface area contributed by atoms with E-state index < -0.39 is 0 Å². The molecule has 1 heterocycles. The van der Waals surface area contributed by atoms with Crippen LogP contribution in [0.5, 0.6) is 5.64 Å². The van der Waals surface area contributed by atoms with Gasteiger partial charge in [0, 0.05) is 0 Å². The van der Waals surface area contributed by atoms with Crippen LogP contribution in [0, 0.1) is 0 Å². The van der Waals surface area contributed by atoms with Crippen LogP contribution >= 0.6 is 0 Å². The van der Waals surface area contributed by atoms with E-state index in [1.807, 2.05) is 19.0 Å². The molecule has 1 unspecified atom stereocenters. The van der Waals surface area contributed by atoms with Gasteiger partial charge < -0.3 is 0 Å². The van der Waals surface area contributed by atoms with Gasteiger partial charge >= 0.3 is 85.7 Å². The molecular weight excluding hydrogens is 173 g/mol. The first-order valence-electron chi connectivity index (χ1n) is 4.91. The van der Waals surface area contributed by atoms with Crippen LogP contribution in [0.15, 0.2) is 12.0 Å². The Balaban J connectivity index is 3.20. The third-order valence-corrected chi connectivity index (χ3v) is 2.38. The van der Waals surface area contributed by atoms with Crippen LogP contribution < -0.4 is 5.73 Å². The van der Waals surface area contributed by atoms with Gasteiger partial charge in [-0.15, -0.1) is 0 Å². The van der Waals surface area contributed by atoms with Crippen molar-refractivity contribution in [1.82, 2.24) is 0 Å². The molecule has 76 valence electrons. The molecule has 0 fully saturated rings. The van der Waals surface area contributed by atoms with Gasteiger partial charge in [0.25, 0.3) is 0 Å². The van der Waals surface area contributed by atoms with E-state index in [2.05, 4.69) is 20.8 Å². The van der Waals surface area contributed by atoms with E-state index in [-0.39, 0.29) is 17.1 Å². The molecule has 1 aromatic heterocycles. The molecule has 2 nitrogen and oxygen atoms in total. The van der Waals surface area contributed by atoms with Crippen molar-refractivity contribution in [3.63, 3.8) is 0 Å². The topological polar surface area (TPSA) is 46.2 Å². The van der Waals surface area contributed by atoms with E-state index in [1.165, 1.54) is 5.56 Å². The zero-order chi connectivity index (χ0) is 10.9. The second kappa shape index (κ2) is 3.74. The normalized spacial score (nSPS) is 13.8. The average Bonchev–Trinajstić information content (AvgIpc) is 2.02. The minimum absolute atomic E-state index is 0.0946. The summed E-state index contributed by atoms with van der Waals surface area (Å²) >= 11 is 0. The number of nitrogens with two attached hydrogens (primary N) is 1. The van der Waals surface area contributed by atoms with E-state index in [1.54, 1.807) is 6.91 Å². The Morgan fingerprint density at radius 3 is 2.43 bits per heavy atom. The Kier molecular flexibility index (Phi) is 3.00. The second-order valence-electron chi connectivity index (χ2n) is 4.81. The molecule has 1 aromatic rings. The number of aromatic hydroxyl groups is 1. The Labute approximate surface area is 86.4 Å². The Morgan fingerprint density at radius 2 is 2.00 bits per heavy atom. The molecule has 0 spiro atoms. The third kappa shape index (κ3) is 2.35. The van der Waals surface area contributed by atoms with Crippen molar-refractivity contribution in [2.75, 3.05) is 0 Å². The van der Waals surface area contributed by atoms with Gasteiger partial charge in [-0.05, 0) is 0 Å². The molecule has 1 atom stereocenters. The van der Waals surface area contributed by atoms with Gasteiger partial charge in [0.15, 0.2) is 0 Å². The molecule has 0 aliphatic carbocycles. The van der Waals surface area contributed by atoms with Crippen molar-refractivity contribution < 1.29 is 5.11 Å². The van der Waals surface area contributed by atoms with Gasteiger partial charge in [-0.1, -0.05) is 0 Å². The van der Waals surface area contributed by atoms with E-state index in [0.717, 1.165) is 5.56 Å². The van der Waals surface area contributed by atoms with E-state index in [4.69, 9.17) is 5.73 Å². The average molecular weight is 191 g/mol. The van der Waals surface area contributed by atoms with Gasteiger partial charge in [-0.2, -0.15) is 0 Å². The summed E-state index contributed by atoms with van der Waals surface area (Å²) in [6.45, 7) is 10.0. The summed E-state index contributed by atoms with van der Waals surface area (Å²) in [4.78, 5) is 0. The zero-order valence-electron chi connectivity index (χ0n) is 9.33. The molecule has 3 N–H and O–H groups in total. The summed E-state index contributed by atoms with van der Waals surface area (Å²) in [5, 5.41) is 9.59. The van der Waals surface area contributed by atoms with Crippen LogP contribution in [0.1, 0.15) is 44.9 Å². The van der Waals surface area contributed by atoms with Crippen molar-refractivity contribution in [3.8, 4) is 5.64 Å². The van der Waals surface area contributed by atoms with Gasteiger partial charge in [0.1, 0.15) is 0 Å². The van der Waals surface area contributed by atoms with Crippen molar-refractivity contribution in [3.05, 3.63) is 23.2 Å². The molecule has 3 heteroatoms. The maximum atomic E-state index is 9.59. The van der Waals surface area contributed by atoms with Crippen molar-refractivity contribution >= 4 is 6.91 Å². The van der Waals surface area contributed by atoms with Crippen LogP contribution in [0.25, 0.3) is 0 Å². The van der Waals surface area contributed by atoms with E-state index in [0.29, 0.717) is 0 Å². The molecule has 0 bridgehead atoms. The fourth-order valence-electron chi connectivity index (χ4n) is 1.39. The van der Waals surface area contributed by atoms with Crippen molar-refractivity contribution in [1.29, 1.82) is 0 Å². The zero-order valence-corrected chi connectivity index (χ0v) is 9.33. The van der Waals surface area contributed by atoms with E-state index in [9.17, 15) is 5.11 Å². The fraction of sp³-hybridized carbons (Fsp3) is 0.545. The summed E-state index contributed by atoms with van der Waals surface area (Å²) < 4.78 is 0. The number of hydrogen-bond donors (Lipinski definition) is 2. The standard InChI is InChI=1S/C11H18BNO/c1-7(13)9-5-8(11(2,3)4)6-12-10(9)14/h5-7,14H,13H2,1-4H3. The Bertz CT molecular complexity index is 329. The Hall–Kier alpha value is -0.825. The van der Waals surface area contributed by atoms with Gasteiger partial charge in [-0.25, -0.2) is 0 Å². The van der Waals surface area contributed by atoms with Crippen LogP contribution in [0.2, 0.25) is 0 Å². The summed E-state index contributed by atoms with van der Waals surface area (Å²) in [7, 11) is 0. The quantitative estimate of drug-likeness (QED) is 0.713. The third-order valence-electron chi connectivity index (χ3n) is 2.38. The molecular formula is C11H18BNO. The maximum absolute atomic E-state index is 9.59. The first-order valence-corrected chi connectivity index (χ1v) is 4.91. The predicted octanol–water partition coefficient (Wildman–Crippen LogP) is 2.05. The predicted molar refractivity (Wildman–Crippen MR) is 60.8 cm³/mol. The first-order chi connectivity index (χ1) is 6.32. The van der Waals surface area contributed by atoms with Gasteiger partial charge in [0.05, 0.1) is 0 Å². The second-order valence-corrected chi connectivity index (χ2v) is 4.81. The number of rotatable bonds is 1. The Morgan fingerprint density at radius 1 is 1.43 bits per heavy atom. The van der Waals surface area contributed by atoms with Crippen LogP contribution in [0.3, 0.4) is 0 Å². The molecule has 0 amide bonds. The van der Waals surface area contributed by atoms with Crippen LogP contribution in [0.4, 0.5) is 0 Å². The number of hydrogen-bond acceptors (Lipinski definition) is 2. The summed E-state index contributed by atoms with van der Waals surface area (Å²) in [6, 6.07) is 1.86. The first kappa shape index (κ1) is 11.3. The van der Waals surface area contributed by atoms with Crippen LogP contribution in [-0.2, 0) is 5.41 Å². The van der Waals surface area contributed by atoms with E-state index >= 15 is 0 Å². The minimum atomic E-state index is -0.128. The fourth-order valence-corrected chi connectivity index (χ4v) is 1.39. The van der Waals surface area contributed by atoms with Crippen molar-refractivity contribution in [2.24, 2.45) is 5.73 Å². The molecule has 1 rings (SSSR count).